The molecule has 0 saturated carbocycles. The molecule has 2 rings (SSSR count). The largest absolute Gasteiger partial charge is 0.434 e. The smallest absolute Gasteiger partial charge is 0.240 e. The third-order valence-corrected chi connectivity index (χ3v) is 3.29. The summed E-state index contributed by atoms with van der Waals surface area (Å²) >= 11 is 12.1. The summed E-state index contributed by atoms with van der Waals surface area (Å²) in [5.41, 5.74) is 0.876. The average molecular weight is 329 g/mol. The SMILES string of the molecule is CCCNc1nc(Oc2cc(C)ccc2F)c(Cl)cc1Cl. The van der Waals surface area contributed by atoms with Crippen LogP contribution >= 0.6 is 23.2 Å². The predicted molar refractivity (Wildman–Crippen MR) is 84.2 cm³/mol. The molecule has 1 aromatic heterocycles. The lowest BCUT2D eigenvalue weighted by molar-refractivity contribution is 0.428. The Labute approximate surface area is 133 Å². The van der Waals surface area contributed by atoms with Gasteiger partial charge in [0.2, 0.25) is 5.88 Å². The van der Waals surface area contributed by atoms with E-state index in [4.69, 9.17) is 27.9 Å². The second-order valence-electron chi connectivity index (χ2n) is 4.57. The van der Waals surface area contributed by atoms with Crippen LogP contribution in [0, 0.1) is 12.7 Å². The summed E-state index contributed by atoms with van der Waals surface area (Å²) in [4.78, 5) is 4.21. The highest BCUT2D eigenvalue weighted by atomic mass is 35.5. The zero-order chi connectivity index (χ0) is 15.4. The van der Waals surface area contributed by atoms with Gasteiger partial charge in [0.25, 0.3) is 0 Å². The normalized spacial score (nSPS) is 10.5. The molecule has 0 aliphatic rings. The number of nitrogens with one attached hydrogen (secondary N) is 1. The van der Waals surface area contributed by atoms with Gasteiger partial charge < -0.3 is 10.1 Å². The highest BCUT2D eigenvalue weighted by Crippen LogP contribution is 2.34. The second kappa shape index (κ2) is 6.96. The standard InChI is InChI=1S/C15H15Cl2FN2O/c1-3-6-19-14-10(16)8-11(17)15(20-14)21-13-7-9(2)4-5-12(13)18/h4-5,7-8H,3,6H2,1-2H3,(H,19,20). The minimum absolute atomic E-state index is 0.0770. The third-order valence-electron chi connectivity index (χ3n) is 2.73. The van der Waals surface area contributed by atoms with Crippen LogP contribution in [0.1, 0.15) is 18.9 Å². The van der Waals surface area contributed by atoms with Gasteiger partial charge in [0.15, 0.2) is 11.6 Å². The molecule has 3 nitrogen and oxygen atoms in total. The fourth-order valence-electron chi connectivity index (χ4n) is 1.68. The van der Waals surface area contributed by atoms with Gasteiger partial charge in [-0.15, -0.1) is 0 Å². The summed E-state index contributed by atoms with van der Waals surface area (Å²) in [7, 11) is 0. The van der Waals surface area contributed by atoms with E-state index in [1.807, 2.05) is 13.8 Å². The van der Waals surface area contributed by atoms with Crippen molar-refractivity contribution in [2.45, 2.75) is 20.3 Å². The minimum Gasteiger partial charge on any atom is -0.434 e. The van der Waals surface area contributed by atoms with Gasteiger partial charge in [0.1, 0.15) is 10.8 Å². The maximum atomic E-state index is 13.7. The first-order valence-corrected chi connectivity index (χ1v) is 7.30. The van der Waals surface area contributed by atoms with Crippen LogP contribution < -0.4 is 10.1 Å². The molecule has 0 aliphatic carbocycles. The first-order chi connectivity index (χ1) is 10.0. The number of ether oxygens (including phenoxy) is 1. The Balaban J connectivity index is 2.32. The first-order valence-electron chi connectivity index (χ1n) is 6.55. The molecule has 0 bridgehead atoms. The topological polar surface area (TPSA) is 34.2 Å². The number of anilines is 1. The van der Waals surface area contributed by atoms with Crippen molar-refractivity contribution in [1.29, 1.82) is 0 Å². The van der Waals surface area contributed by atoms with Crippen LogP contribution in [-0.4, -0.2) is 11.5 Å². The lowest BCUT2D eigenvalue weighted by Crippen LogP contribution is -2.04. The van der Waals surface area contributed by atoms with Crippen LogP contribution in [0.15, 0.2) is 24.3 Å². The van der Waals surface area contributed by atoms with E-state index in [-0.39, 0.29) is 16.7 Å². The molecular weight excluding hydrogens is 314 g/mol. The van der Waals surface area contributed by atoms with Crippen LogP contribution in [0.4, 0.5) is 10.2 Å². The van der Waals surface area contributed by atoms with Gasteiger partial charge >= 0.3 is 0 Å². The van der Waals surface area contributed by atoms with E-state index in [1.165, 1.54) is 12.1 Å². The van der Waals surface area contributed by atoms with Crippen molar-refractivity contribution in [2.24, 2.45) is 0 Å². The highest BCUT2D eigenvalue weighted by molar-refractivity contribution is 6.36. The molecule has 0 aliphatic heterocycles. The lowest BCUT2D eigenvalue weighted by Gasteiger charge is -2.12. The van der Waals surface area contributed by atoms with Crippen molar-refractivity contribution in [3.05, 3.63) is 45.7 Å². The summed E-state index contributed by atoms with van der Waals surface area (Å²) in [6.07, 6.45) is 0.920. The Kier molecular flexibility index (Phi) is 5.26. The van der Waals surface area contributed by atoms with E-state index in [0.717, 1.165) is 12.0 Å². The van der Waals surface area contributed by atoms with E-state index in [0.29, 0.717) is 17.4 Å². The fourth-order valence-corrected chi connectivity index (χ4v) is 2.15. The fraction of sp³-hybridized carbons (Fsp3) is 0.267. The van der Waals surface area contributed by atoms with Crippen LogP contribution in [0.25, 0.3) is 0 Å². The van der Waals surface area contributed by atoms with Crippen LogP contribution in [0.2, 0.25) is 10.0 Å². The Morgan fingerprint density at radius 3 is 2.71 bits per heavy atom. The van der Waals surface area contributed by atoms with E-state index in [1.54, 1.807) is 12.1 Å². The number of benzene rings is 1. The Morgan fingerprint density at radius 2 is 2.00 bits per heavy atom. The number of aryl methyl sites for hydroxylation is 1. The average Bonchev–Trinajstić information content (AvgIpc) is 2.44. The maximum absolute atomic E-state index is 13.7. The van der Waals surface area contributed by atoms with Crippen molar-refractivity contribution in [3.8, 4) is 11.6 Å². The number of nitrogens with zero attached hydrogens (tertiary/aromatic N) is 1. The van der Waals surface area contributed by atoms with E-state index in [9.17, 15) is 4.39 Å². The zero-order valence-corrected chi connectivity index (χ0v) is 13.2. The molecule has 2 aromatic rings. The van der Waals surface area contributed by atoms with Crippen molar-refractivity contribution < 1.29 is 9.13 Å². The van der Waals surface area contributed by atoms with Gasteiger partial charge in [0.05, 0.1) is 5.02 Å². The van der Waals surface area contributed by atoms with Gasteiger partial charge in [-0.2, -0.15) is 4.98 Å². The summed E-state index contributed by atoms with van der Waals surface area (Å²) in [6, 6.07) is 6.11. The van der Waals surface area contributed by atoms with Crippen molar-refractivity contribution in [2.75, 3.05) is 11.9 Å². The molecular formula is C15H15Cl2FN2O. The van der Waals surface area contributed by atoms with Gasteiger partial charge in [-0.1, -0.05) is 36.2 Å². The second-order valence-corrected chi connectivity index (χ2v) is 5.38. The number of hydrogen-bond donors (Lipinski definition) is 1. The molecule has 0 fully saturated rings. The predicted octanol–water partition coefficient (Wildman–Crippen LogP) is 5.45. The lowest BCUT2D eigenvalue weighted by atomic mass is 10.2. The number of halogens is 3. The van der Waals surface area contributed by atoms with Crippen LogP contribution in [0.5, 0.6) is 11.6 Å². The van der Waals surface area contributed by atoms with Crippen molar-refractivity contribution in [3.63, 3.8) is 0 Å². The number of pyridine rings is 1. The summed E-state index contributed by atoms with van der Waals surface area (Å²) in [5, 5.41) is 3.69. The maximum Gasteiger partial charge on any atom is 0.240 e. The van der Waals surface area contributed by atoms with Crippen LogP contribution in [0.3, 0.4) is 0 Å². The van der Waals surface area contributed by atoms with Gasteiger partial charge in [0, 0.05) is 6.54 Å². The summed E-state index contributed by atoms with van der Waals surface area (Å²) < 4.78 is 19.2. The Morgan fingerprint density at radius 1 is 1.24 bits per heavy atom. The molecule has 6 heteroatoms. The van der Waals surface area contributed by atoms with Gasteiger partial charge in [-0.25, -0.2) is 4.39 Å². The molecule has 0 amide bonds. The molecule has 0 spiro atoms. The first kappa shape index (κ1) is 15.9. The minimum atomic E-state index is -0.475. The van der Waals surface area contributed by atoms with Gasteiger partial charge in [-0.3, -0.25) is 0 Å². The molecule has 1 heterocycles. The third kappa shape index (κ3) is 3.99. The molecule has 0 atom stereocenters. The number of aromatic nitrogens is 1. The monoisotopic (exact) mass is 328 g/mol. The van der Waals surface area contributed by atoms with E-state index < -0.39 is 5.82 Å². The molecule has 1 aromatic carbocycles. The molecule has 21 heavy (non-hydrogen) atoms. The molecule has 0 radical (unpaired) electrons. The van der Waals surface area contributed by atoms with E-state index in [2.05, 4.69) is 10.3 Å². The van der Waals surface area contributed by atoms with Crippen molar-refractivity contribution in [1.82, 2.24) is 4.98 Å². The molecule has 0 unspecified atom stereocenters. The summed E-state index contributed by atoms with van der Waals surface area (Å²) in [6.45, 7) is 4.58. The molecule has 112 valence electrons. The van der Waals surface area contributed by atoms with Crippen LogP contribution in [-0.2, 0) is 0 Å². The summed E-state index contributed by atoms with van der Waals surface area (Å²) in [5.74, 6) is 0.180. The Bertz CT molecular complexity index is 650. The van der Waals surface area contributed by atoms with Gasteiger partial charge in [-0.05, 0) is 37.1 Å². The number of hydrogen-bond acceptors (Lipinski definition) is 3. The van der Waals surface area contributed by atoms with Crippen molar-refractivity contribution >= 4 is 29.0 Å². The highest BCUT2D eigenvalue weighted by Gasteiger charge is 2.13. The zero-order valence-electron chi connectivity index (χ0n) is 11.7. The quantitative estimate of drug-likeness (QED) is 0.792. The Hall–Kier alpha value is -1.52. The molecule has 0 saturated heterocycles. The molecule has 1 N–H and O–H groups in total. The number of rotatable bonds is 5. The van der Waals surface area contributed by atoms with E-state index >= 15 is 0 Å².